The second-order valence-electron chi connectivity index (χ2n) is 3.57. The van der Waals surface area contributed by atoms with Crippen LogP contribution in [0.2, 0.25) is 0 Å². The zero-order chi connectivity index (χ0) is 10.8. The molecule has 1 unspecified atom stereocenters. The van der Waals surface area contributed by atoms with Gasteiger partial charge in [0.25, 0.3) is 0 Å². The third kappa shape index (κ3) is 1.61. The van der Waals surface area contributed by atoms with Crippen LogP contribution in [-0.4, -0.2) is 21.6 Å². The van der Waals surface area contributed by atoms with Crippen molar-refractivity contribution in [3.05, 3.63) is 24.2 Å². The van der Waals surface area contributed by atoms with Crippen molar-refractivity contribution in [1.29, 1.82) is 0 Å². The first-order valence-electron chi connectivity index (χ1n) is 5.26. The lowest BCUT2D eigenvalue weighted by Crippen LogP contribution is -2.17. The van der Waals surface area contributed by atoms with Crippen molar-refractivity contribution in [3.8, 4) is 0 Å². The van der Waals surface area contributed by atoms with Gasteiger partial charge >= 0.3 is 0 Å². The van der Waals surface area contributed by atoms with Crippen LogP contribution in [0.3, 0.4) is 0 Å². The Morgan fingerprint density at radius 2 is 2.33 bits per heavy atom. The van der Waals surface area contributed by atoms with Crippen LogP contribution in [0.25, 0.3) is 11.2 Å². The van der Waals surface area contributed by atoms with Gasteiger partial charge in [-0.15, -0.1) is 0 Å². The molecule has 15 heavy (non-hydrogen) atoms. The molecule has 4 heteroatoms. The van der Waals surface area contributed by atoms with Gasteiger partial charge in [-0.2, -0.15) is 0 Å². The molecular formula is C11H16N4. The molecule has 1 atom stereocenters. The monoisotopic (exact) mass is 204 g/mol. The first kappa shape index (κ1) is 10.1. The number of hydrogen-bond acceptors (Lipinski definition) is 3. The highest BCUT2D eigenvalue weighted by molar-refractivity contribution is 5.71. The van der Waals surface area contributed by atoms with E-state index < -0.39 is 0 Å². The van der Waals surface area contributed by atoms with Crippen LogP contribution in [0.4, 0.5) is 0 Å². The zero-order valence-electron chi connectivity index (χ0n) is 9.36. The Bertz CT molecular complexity index is 461. The van der Waals surface area contributed by atoms with E-state index in [0.717, 1.165) is 23.5 Å². The van der Waals surface area contributed by atoms with Crippen molar-refractivity contribution in [1.82, 2.24) is 19.9 Å². The molecule has 80 valence electrons. The number of hydrogen-bond donors (Lipinski definition) is 1. The minimum absolute atomic E-state index is 0.249. The molecule has 0 radical (unpaired) electrons. The van der Waals surface area contributed by atoms with Crippen LogP contribution in [0, 0.1) is 0 Å². The van der Waals surface area contributed by atoms with E-state index in [9.17, 15) is 0 Å². The summed E-state index contributed by atoms with van der Waals surface area (Å²) in [5.74, 6) is 1.05. The summed E-state index contributed by atoms with van der Waals surface area (Å²) in [5, 5.41) is 3.21. The molecule has 0 saturated carbocycles. The Hall–Kier alpha value is -1.42. The van der Waals surface area contributed by atoms with Crippen molar-refractivity contribution < 1.29 is 0 Å². The third-order valence-electron chi connectivity index (χ3n) is 2.67. The summed E-state index contributed by atoms with van der Waals surface area (Å²) in [4.78, 5) is 8.95. The average molecular weight is 204 g/mol. The number of nitrogens with zero attached hydrogens (tertiary/aromatic N) is 3. The Morgan fingerprint density at radius 3 is 3.00 bits per heavy atom. The highest BCUT2D eigenvalue weighted by Gasteiger charge is 2.14. The molecule has 0 fully saturated rings. The predicted octanol–water partition coefficient (Wildman–Crippen LogP) is 1.73. The summed E-state index contributed by atoms with van der Waals surface area (Å²) in [5.41, 5.74) is 1.94. The molecule has 0 aliphatic heterocycles. The lowest BCUT2D eigenvalue weighted by molar-refractivity contribution is 0.569. The van der Waals surface area contributed by atoms with Crippen molar-refractivity contribution in [3.63, 3.8) is 0 Å². The number of aromatic nitrogens is 3. The first-order chi connectivity index (χ1) is 7.27. The fraction of sp³-hybridized carbons (Fsp3) is 0.455. The molecule has 0 aromatic carbocycles. The molecule has 0 spiro atoms. The summed E-state index contributed by atoms with van der Waals surface area (Å²) in [7, 11) is 1.94. The smallest absolute Gasteiger partial charge is 0.160 e. The van der Waals surface area contributed by atoms with Gasteiger partial charge in [-0.1, -0.05) is 0 Å². The topological polar surface area (TPSA) is 42.7 Å². The molecule has 2 aromatic rings. The van der Waals surface area contributed by atoms with Crippen molar-refractivity contribution in [2.75, 3.05) is 7.05 Å². The maximum atomic E-state index is 4.59. The van der Waals surface area contributed by atoms with Crippen LogP contribution < -0.4 is 5.32 Å². The molecule has 2 aromatic heterocycles. The van der Waals surface area contributed by atoms with Crippen molar-refractivity contribution in [2.45, 2.75) is 26.4 Å². The van der Waals surface area contributed by atoms with Crippen LogP contribution in [0.5, 0.6) is 0 Å². The standard InChI is InChI=1S/C11H16N4/c1-4-15-10(8(2)12-3)14-9-6-5-7-13-11(9)15/h5-8,12H,4H2,1-3H3. The minimum atomic E-state index is 0.249. The number of nitrogens with one attached hydrogen (secondary N) is 1. The molecule has 0 aliphatic rings. The molecule has 4 nitrogen and oxygen atoms in total. The van der Waals surface area contributed by atoms with E-state index in [1.165, 1.54) is 0 Å². The molecule has 2 heterocycles. The molecule has 0 saturated heterocycles. The Balaban J connectivity index is 2.63. The number of aryl methyl sites for hydroxylation is 1. The third-order valence-corrected chi connectivity index (χ3v) is 2.67. The highest BCUT2D eigenvalue weighted by Crippen LogP contribution is 2.18. The fourth-order valence-electron chi connectivity index (χ4n) is 1.75. The quantitative estimate of drug-likeness (QED) is 0.828. The molecular weight excluding hydrogens is 188 g/mol. The lowest BCUT2D eigenvalue weighted by atomic mass is 10.3. The average Bonchev–Trinajstić information content (AvgIpc) is 2.66. The van der Waals surface area contributed by atoms with Gasteiger partial charge in [0.1, 0.15) is 11.3 Å². The van der Waals surface area contributed by atoms with Gasteiger partial charge in [-0.3, -0.25) is 0 Å². The molecule has 0 aliphatic carbocycles. The predicted molar refractivity (Wildman–Crippen MR) is 60.7 cm³/mol. The number of rotatable bonds is 3. The summed E-state index contributed by atoms with van der Waals surface area (Å²) < 4.78 is 2.15. The second-order valence-corrected chi connectivity index (χ2v) is 3.57. The molecule has 0 amide bonds. The maximum absolute atomic E-state index is 4.59. The van der Waals surface area contributed by atoms with Gasteiger partial charge in [-0.05, 0) is 33.0 Å². The normalized spacial score (nSPS) is 13.3. The number of imidazole rings is 1. The zero-order valence-corrected chi connectivity index (χ0v) is 9.36. The number of pyridine rings is 1. The van der Waals surface area contributed by atoms with Gasteiger partial charge < -0.3 is 9.88 Å². The minimum Gasteiger partial charge on any atom is -0.312 e. The lowest BCUT2D eigenvalue weighted by Gasteiger charge is -2.11. The van der Waals surface area contributed by atoms with Crippen LogP contribution in [-0.2, 0) is 6.54 Å². The van der Waals surface area contributed by atoms with Crippen LogP contribution in [0.1, 0.15) is 25.7 Å². The molecule has 2 rings (SSSR count). The van der Waals surface area contributed by atoms with Gasteiger partial charge in [-0.25, -0.2) is 9.97 Å². The largest absolute Gasteiger partial charge is 0.312 e. The van der Waals surface area contributed by atoms with E-state index in [2.05, 4.69) is 33.7 Å². The molecule has 1 N–H and O–H groups in total. The van der Waals surface area contributed by atoms with Crippen LogP contribution >= 0.6 is 0 Å². The van der Waals surface area contributed by atoms with Crippen molar-refractivity contribution >= 4 is 11.2 Å². The van der Waals surface area contributed by atoms with E-state index in [-0.39, 0.29) is 6.04 Å². The second kappa shape index (κ2) is 3.98. The number of fused-ring (bicyclic) bond motifs is 1. The van der Waals surface area contributed by atoms with Crippen LogP contribution in [0.15, 0.2) is 18.3 Å². The summed E-state index contributed by atoms with van der Waals surface area (Å²) in [6.07, 6.45) is 1.81. The fourth-order valence-corrected chi connectivity index (χ4v) is 1.75. The van der Waals surface area contributed by atoms with E-state index in [0.29, 0.717) is 0 Å². The summed E-state index contributed by atoms with van der Waals surface area (Å²) in [6, 6.07) is 4.17. The van der Waals surface area contributed by atoms with Gasteiger partial charge in [0.05, 0.1) is 6.04 Å². The first-order valence-corrected chi connectivity index (χ1v) is 5.26. The van der Waals surface area contributed by atoms with E-state index in [4.69, 9.17) is 0 Å². The summed E-state index contributed by atoms with van der Waals surface area (Å²) >= 11 is 0. The Morgan fingerprint density at radius 1 is 1.53 bits per heavy atom. The van der Waals surface area contributed by atoms with Crippen molar-refractivity contribution in [2.24, 2.45) is 0 Å². The molecule has 0 bridgehead atoms. The Kier molecular flexibility index (Phi) is 2.68. The Labute approximate surface area is 89.3 Å². The van der Waals surface area contributed by atoms with E-state index in [1.54, 1.807) is 0 Å². The van der Waals surface area contributed by atoms with Gasteiger partial charge in [0.15, 0.2) is 5.65 Å². The summed E-state index contributed by atoms with van der Waals surface area (Å²) in [6.45, 7) is 5.12. The SMILES string of the molecule is CCn1c(C(C)NC)nc2cccnc21. The van der Waals surface area contributed by atoms with Gasteiger partial charge in [0.2, 0.25) is 0 Å². The van der Waals surface area contributed by atoms with E-state index >= 15 is 0 Å². The highest BCUT2D eigenvalue weighted by atomic mass is 15.1. The van der Waals surface area contributed by atoms with E-state index in [1.807, 2.05) is 25.4 Å². The van der Waals surface area contributed by atoms with Gasteiger partial charge in [0, 0.05) is 12.7 Å². The maximum Gasteiger partial charge on any atom is 0.160 e.